The maximum Gasteiger partial charge on any atom is 0.341 e. The predicted octanol–water partition coefficient (Wildman–Crippen LogP) is 3.50. The quantitative estimate of drug-likeness (QED) is 0.195. The number of pyridine rings is 1. The summed E-state index contributed by atoms with van der Waals surface area (Å²) in [7, 11) is 0. The molecule has 51 heavy (non-hydrogen) atoms. The first-order chi connectivity index (χ1) is 24.6. The van der Waals surface area contributed by atoms with E-state index < -0.39 is 60.6 Å². The smallest absolute Gasteiger partial charge is 0.341 e. The Bertz CT molecular complexity index is 2020. The summed E-state index contributed by atoms with van der Waals surface area (Å²) in [6.07, 6.45) is 1.91. The molecule has 0 unspecified atom stereocenters. The van der Waals surface area contributed by atoms with Crippen LogP contribution in [0.15, 0.2) is 79.0 Å². The number of hydrogen-bond acceptors (Lipinski definition) is 9. The third-order valence-electron chi connectivity index (χ3n) is 8.52. The van der Waals surface area contributed by atoms with Crippen molar-refractivity contribution in [2.75, 3.05) is 31.2 Å². The molecule has 0 spiro atoms. The molecular weight excluding hydrogens is 701 g/mol. The van der Waals surface area contributed by atoms with Crippen LogP contribution in [0.5, 0.6) is 5.75 Å². The number of nitrogens with one attached hydrogen (secondary N) is 3. The Morgan fingerprint density at radius 2 is 1.71 bits per heavy atom. The molecule has 2 aliphatic rings. The van der Waals surface area contributed by atoms with E-state index in [0.29, 0.717) is 18.7 Å². The number of para-hydroxylation sites is 2. The van der Waals surface area contributed by atoms with Gasteiger partial charge in [-0.05, 0) is 48.6 Å². The minimum absolute atomic E-state index is 0.0295. The van der Waals surface area contributed by atoms with Gasteiger partial charge in [0.2, 0.25) is 11.8 Å². The first-order valence-corrected chi connectivity index (χ1v) is 16.7. The number of hydrogen-bond donors (Lipinski definition) is 3. The molecule has 1 saturated heterocycles. The van der Waals surface area contributed by atoms with Crippen LogP contribution in [0.2, 0.25) is 10.0 Å². The second-order valence-electron chi connectivity index (χ2n) is 11.9. The number of rotatable bonds is 11. The molecule has 0 radical (unpaired) electrons. The van der Waals surface area contributed by atoms with Crippen molar-refractivity contribution in [1.29, 1.82) is 0 Å². The molecule has 3 heterocycles. The molecule has 6 rings (SSSR count). The number of amides is 4. The Morgan fingerprint density at radius 1 is 0.980 bits per heavy atom. The van der Waals surface area contributed by atoms with Gasteiger partial charge in [-0.15, -0.1) is 0 Å². The molecule has 13 nitrogen and oxygen atoms in total. The standard InChI is InChI=1S/C36H31Cl2N5O8/c37-23-8-5-9-24(38)32(23)36(49)51-19-29(44)25(15-21-12-13-39-33(21)46)41-31(45)17-43-28-10-3-4-11-30(28)50-18-27(35(43)48)42-34(47)26-14-20-6-1-2-7-22(20)16-40-26/h1-11,14,16,21,25,27H,12-13,15,17-19H2,(H,39,46)(H,41,45)(H,42,47)/t21-,25-,27-/m0/s1. The van der Waals surface area contributed by atoms with Crippen LogP contribution in [0.3, 0.4) is 0 Å². The third kappa shape index (κ3) is 8.11. The van der Waals surface area contributed by atoms with Crippen LogP contribution in [0.25, 0.3) is 10.8 Å². The van der Waals surface area contributed by atoms with Crippen molar-refractivity contribution in [3.63, 3.8) is 0 Å². The van der Waals surface area contributed by atoms with Gasteiger partial charge in [-0.3, -0.25) is 33.9 Å². The van der Waals surface area contributed by atoms with Crippen LogP contribution >= 0.6 is 23.2 Å². The molecule has 0 saturated carbocycles. The van der Waals surface area contributed by atoms with Crippen molar-refractivity contribution < 1.29 is 38.2 Å². The molecule has 15 heteroatoms. The Morgan fingerprint density at radius 3 is 2.45 bits per heavy atom. The van der Waals surface area contributed by atoms with Gasteiger partial charge in [0, 0.05) is 24.0 Å². The highest BCUT2D eigenvalue weighted by atomic mass is 35.5. The van der Waals surface area contributed by atoms with E-state index in [1.165, 1.54) is 12.1 Å². The fraction of sp³-hybridized carbons (Fsp3) is 0.250. The number of Topliss-reactive ketones (excluding diaryl/α,β-unsaturated/α-hetero) is 1. The highest BCUT2D eigenvalue weighted by molar-refractivity contribution is 6.39. The Labute approximate surface area is 301 Å². The summed E-state index contributed by atoms with van der Waals surface area (Å²) < 4.78 is 11.1. The van der Waals surface area contributed by atoms with Gasteiger partial charge in [0.1, 0.15) is 30.6 Å². The van der Waals surface area contributed by atoms with Crippen LogP contribution in [0.4, 0.5) is 5.69 Å². The average molecular weight is 733 g/mol. The predicted molar refractivity (Wildman–Crippen MR) is 187 cm³/mol. The van der Waals surface area contributed by atoms with Gasteiger partial charge in [0.25, 0.3) is 11.8 Å². The lowest BCUT2D eigenvalue weighted by Crippen LogP contribution is -2.54. The highest BCUT2D eigenvalue weighted by Gasteiger charge is 2.36. The first-order valence-electron chi connectivity index (χ1n) is 16.0. The zero-order chi connectivity index (χ0) is 36.1. The van der Waals surface area contributed by atoms with Gasteiger partial charge in [-0.2, -0.15) is 0 Å². The molecule has 3 aromatic carbocycles. The molecule has 0 bridgehead atoms. The molecule has 3 atom stereocenters. The number of esters is 1. The summed E-state index contributed by atoms with van der Waals surface area (Å²) >= 11 is 12.2. The number of carbonyl (C=O) groups excluding carboxylic acids is 6. The van der Waals surface area contributed by atoms with E-state index >= 15 is 0 Å². The third-order valence-corrected chi connectivity index (χ3v) is 9.15. The summed E-state index contributed by atoms with van der Waals surface area (Å²) in [5, 5.41) is 9.68. The molecule has 0 aliphatic carbocycles. The number of nitrogens with zero attached hydrogens (tertiary/aromatic N) is 2. The van der Waals surface area contributed by atoms with Crippen molar-refractivity contribution in [2.24, 2.45) is 5.92 Å². The van der Waals surface area contributed by atoms with Gasteiger partial charge in [0.05, 0.1) is 27.3 Å². The van der Waals surface area contributed by atoms with E-state index in [4.69, 9.17) is 32.7 Å². The van der Waals surface area contributed by atoms with Crippen molar-refractivity contribution >= 4 is 75.0 Å². The summed E-state index contributed by atoms with van der Waals surface area (Å²) in [6, 6.07) is 17.5. The number of aromatic nitrogens is 1. The van der Waals surface area contributed by atoms with E-state index in [9.17, 15) is 28.8 Å². The average Bonchev–Trinajstić information content (AvgIpc) is 3.48. The molecule has 4 amide bonds. The maximum absolute atomic E-state index is 14.0. The van der Waals surface area contributed by atoms with E-state index in [1.54, 1.807) is 42.6 Å². The number of carbonyl (C=O) groups is 6. The normalized spacial score (nSPS) is 17.4. The molecule has 1 fully saturated rings. The van der Waals surface area contributed by atoms with Crippen LogP contribution in [-0.2, 0) is 23.9 Å². The number of ketones is 1. The topological polar surface area (TPSA) is 173 Å². The van der Waals surface area contributed by atoms with Gasteiger partial charge < -0.3 is 25.4 Å². The van der Waals surface area contributed by atoms with Gasteiger partial charge in [-0.1, -0.05) is 65.7 Å². The largest absolute Gasteiger partial charge is 0.489 e. The van der Waals surface area contributed by atoms with Gasteiger partial charge in [-0.25, -0.2) is 4.79 Å². The lowest BCUT2D eigenvalue weighted by molar-refractivity contribution is -0.130. The second-order valence-corrected chi connectivity index (χ2v) is 12.7. The van der Waals surface area contributed by atoms with Crippen LogP contribution in [-0.4, -0.2) is 78.8 Å². The van der Waals surface area contributed by atoms with Crippen molar-refractivity contribution in [3.8, 4) is 5.75 Å². The van der Waals surface area contributed by atoms with E-state index in [2.05, 4.69) is 20.9 Å². The maximum atomic E-state index is 14.0. The van der Waals surface area contributed by atoms with Gasteiger partial charge >= 0.3 is 5.97 Å². The van der Waals surface area contributed by atoms with Crippen molar-refractivity contribution in [1.82, 2.24) is 20.9 Å². The molecular formula is C36H31Cl2N5O8. The van der Waals surface area contributed by atoms with Crippen LogP contribution < -0.4 is 25.6 Å². The summed E-state index contributed by atoms with van der Waals surface area (Å²) in [4.78, 5) is 84.8. The minimum Gasteiger partial charge on any atom is -0.489 e. The molecule has 4 aromatic rings. The summed E-state index contributed by atoms with van der Waals surface area (Å²) in [5.74, 6) is -4.24. The van der Waals surface area contributed by atoms with Crippen LogP contribution in [0, 0.1) is 5.92 Å². The van der Waals surface area contributed by atoms with Crippen molar-refractivity contribution in [3.05, 3.63) is 100 Å². The second kappa shape index (κ2) is 15.6. The Balaban J connectivity index is 1.18. The zero-order valence-corrected chi connectivity index (χ0v) is 28.4. The Kier molecular flexibility index (Phi) is 10.8. The van der Waals surface area contributed by atoms with Crippen molar-refractivity contribution in [2.45, 2.75) is 24.9 Å². The molecule has 2 aliphatic heterocycles. The van der Waals surface area contributed by atoms with E-state index in [1.807, 2.05) is 24.3 Å². The summed E-state index contributed by atoms with van der Waals surface area (Å²) in [5.41, 5.74) is 0.229. The first kappa shape index (κ1) is 35.3. The molecule has 262 valence electrons. The number of ether oxygens (including phenoxy) is 2. The number of anilines is 1. The number of benzene rings is 3. The summed E-state index contributed by atoms with van der Waals surface area (Å²) in [6.45, 7) is -1.16. The molecule has 3 N–H and O–H groups in total. The number of halogens is 2. The fourth-order valence-electron chi connectivity index (χ4n) is 5.87. The minimum atomic E-state index is -1.26. The lowest BCUT2D eigenvalue weighted by atomic mass is 9.96. The number of fused-ring (bicyclic) bond motifs is 2. The fourth-order valence-corrected chi connectivity index (χ4v) is 6.42. The Hall–Kier alpha value is -5.53. The van der Waals surface area contributed by atoms with Crippen LogP contribution in [0.1, 0.15) is 33.7 Å². The highest BCUT2D eigenvalue weighted by Crippen LogP contribution is 2.31. The SMILES string of the molecule is O=C(CN1C(=O)[C@@H](NC(=O)c2cc3ccccc3cn2)COc2ccccc21)N[C@@H](C[C@@H]1CCNC1=O)C(=O)COC(=O)c1c(Cl)cccc1Cl. The zero-order valence-electron chi connectivity index (χ0n) is 26.9. The van der Waals surface area contributed by atoms with Gasteiger partial charge in [0.15, 0.2) is 12.4 Å². The van der Waals surface area contributed by atoms with E-state index in [-0.39, 0.29) is 45.9 Å². The monoisotopic (exact) mass is 731 g/mol. The van der Waals surface area contributed by atoms with E-state index in [0.717, 1.165) is 15.7 Å². The molecule has 1 aromatic heterocycles. The lowest BCUT2D eigenvalue weighted by Gasteiger charge is -2.26.